The third-order valence-electron chi connectivity index (χ3n) is 8.53. The predicted octanol–water partition coefficient (Wildman–Crippen LogP) is 4.33. The molecule has 40 heavy (non-hydrogen) atoms. The molecule has 0 radical (unpaired) electrons. The van der Waals surface area contributed by atoms with Crippen molar-refractivity contribution >= 4 is 35.1 Å². The number of nitrogens with zero attached hydrogens (tertiary/aromatic N) is 1. The van der Waals surface area contributed by atoms with E-state index in [-0.39, 0.29) is 43.0 Å². The summed E-state index contributed by atoms with van der Waals surface area (Å²) in [5.74, 6) is -2.69. The number of carbonyl (C=O) groups is 4. The van der Waals surface area contributed by atoms with Gasteiger partial charge in [0.2, 0.25) is 11.8 Å². The summed E-state index contributed by atoms with van der Waals surface area (Å²) in [6.07, 6.45) is 5.65. The summed E-state index contributed by atoms with van der Waals surface area (Å²) in [5, 5.41) is 9.38. The number of ketones is 2. The highest BCUT2D eigenvalue weighted by atomic mass is 16.5. The monoisotopic (exact) mass is 535 g/mol. The number of allylic oxidation sites excluding steroid dienone is 6. The lowest BCUT2D eigenvalue weighted by Gasteiger charge is -2.42. The molecule has 1 N–H and O–H groups in total. The largest absolute Gasteiger partial charge is 0.491 e. The lowest BCUT2D eigenvalue weighted by atomic mass is 9.59. The molecule has 3 aliphatic carbocycles. The van der Waals surface area contributed by atoms with Gasteiger partial charge in [0, 0.05) is 28.2 Å². The summed E-state index contributed by atoms with van der Waals surface area (Å²) in [6, 6.07) is 14.4. The van der Waals surface area contributed by atoms with Gasteiger partial charge < -0.3 is 9.84 Å². The van der Waals surface area contributed by atoms with Crippen LogP contribution in [0.2, 0.25) is 0 Å². The molecule has 0 aromatic heterocycles. The summed E-state index contributed by atoms with van der Waals surface area (Å²) < 4.78 is 5.85. The minimum atomic E-state index is -0.650. The topological polar surface area (TPSA) is 101 Å². The van der Waals surface area contributed by atoms with Crippen molar-refractivity contribution < 1.29 is 29.0 Å². The van der Waals surface area contributed by atoms with Crippen LogP contribution in [-0.2, 0) is 19.2 Å². The van der Waals surface area contributed by atoms with Crippen LogP contribution in [0.15, 0.2) is 89.6 Å². The molecule has 2 amide bonds. The zero-order chi connectivity index (χ0) is 28.1. The van der Waals surface area contributed by atoms with Gasteiger partial charge in [-0.25, -0.2) is 0 Å². The first kappa shape index (κ1) is 25.9. The Hall–Kier alpha value is -4.36. The molecule has 1 heterocycles. The van der Waals surface area contributed by atoms with E-state index in [1.807, 2.05) is 36.4 Å². The Morgan fingerprint density at radius 3 is 2.50 bits per heavy atom. The van der Waals surface area contributed by atoms with Gasteiger partial charge in [0.25, 0.3) is 0 Å². The maximum absolute atomic E-state index is 14.0. The number of para-hydroxylation sites is 1. The molecule has 0 saturated carbocycles. The molecule has 2 aromatic rings. The lowest BCUT2D eigenvalue weighted by Crippen LogP contribution is -2.40. The molecule has 7 nitrogen and oxygen atoms in total. The maximum atomic E-state index is 14.0. The summed E-state index contributed by atoms with van der Waals surface area (Å²) in [6.45, 7) is 5.28. The van der Waals surface area contributed by atoms with Crippen LogP contribution >= 0.6 is 0 Å². The number of benzene rings is 2. The Labute approximate surface area is 232 Å². The van der Waals surface area contributed by atoms with Crippen LogP contribution in [0.3, 0.4) is 0 Å². The number of hydrogen-bond acceptors (Lipinski definition) is 6. The zero-order valence-corrected chi connectivity index (χ0v) is 22.1. The molecule has 1 aliphatic heterocycles. The molecule has 0 spiro atoms. The second-order valence-corrected chi connectivity index (χ2v) is 10.6. The fourth-order valence-electron chi connectivity index (χ4n) is 6.76. The van der Waals surface area contributed by atoms with E-state index in [1.165, 1.54) is 11.0 Å². The van der Waals surface area contributed by atoms with E-state index in [0.29, 0.717) is 40.1 Å². The standard InChI is InChI=1S/C33H29NO6/c1-3-19-8-10-20(11-9-19)34-32(38)23-13-12-21-24(29(23)33(34)39)17-25-30(26(36)16-18(2)31(25)37)28(21)22-6-4-5-7-27(22)40-15-14-35/h3-12,16,23-24,28-29,35H,1,13-15,17H2,2H3/t23-,24+,28+,29-/m0/s1. The van der Waals surface area contributed by atoms with Crippen molar-refractivity contribution in [3.63, 3.8) is 0 Å². The number of aliphatic hydroxyl groups excluding tert-OH is 1. The summed E-state index contributed by atoms with van der Waals surface area (Å²) >= 11 is 0. The third kappa shape index (κ3) is 3.92. The van der Waals surface area contributed by atoms with Crippen LogP contribution in [0.5, 0.6) is 5.75 Å². The van der Waals surface area contributed by atoms with Gasteiger partial charge in [-0.3, -0.25) is 24.1 Å². The first-order valence-electron chi connectivity index (χ1n) is 13.5. The second-order valence-electron chi connectivity index (χ2n) is 10.6. The number of hydrogen-bond donors (Lipinski definition) is 1. The summed E-state index contributed by atoms with van der Waals surface area (Å²) in [4.78, 5) is 55.8. The van der Waals surface area contributed by atoms with E-state index in [1.54, 1.807) is 31.2 Å². The first-order valence-corrected chi connectivity index (χ1v) is 13.5. The van der Waals surface area contributed by atoms with Gasteiger partial charge in [0.1, 0.15) is 12.4 Å². The highest BCUT2D eigenvalue weighted by Gasteiger charge is 2.56. The predicted molar refractivity (Wildman–Crippen MR) is 149 cm³/mol. The van der Waals surface area contributed by atoms with Crippen molar-refractivity contribution in [1.82, 2.24) is 0 Å². The average Bonchev–Trinajstić information content (AvgIpc) is 3.23. The quantitative estimate of drug-likeness (QED) is 0.336. The van der Waals surface area contributed by atoms with Gasteiger partial charge >= 0.3 is 0 Å². The SMILES string of the molecule is C=Cc1ccc(N2C(=O)[C@H]3[C@H](CC=C4[C@H](c5ccccc5OCCO)C5=C(C[C@H]43)C(=O)C(C)=CC5=O)C2=O)cc1. The highest BCUT2D eigenvalue weighted by Crippen LogP contribution is 2.56. The Morgan fingerprint density at radius 1 is 1.02 bits per heavy atom. The molecule has 4 aliphatic rings. The van der Waals surface area contributed by atoms with E-state index in [2.05, 4.69) is 6.58 Å². The van der Waals surface area contributed by atoms with Gasteiger partial charge in [0.05, 0.1) is 24.1 Å². The van der Waals surface area contributed by atoms with Crippen LogP contribution in [0, 0.1) is 17.8 Å². The molecule has 0 bridgehead atoms. The molecule has 2 aromatic carbocycles. The van der Waals surface area contributed by atoms with Crippen molar-refractivity contribution in [3.8, 4) is 5.75 Å². The van der Waals surface area contributed by atoms with Crippen molar-refractivity contribution in [1.29, 1.82) is 0 Å². The number of carbonyl (C=O) groups excluding carboxylic acids is 4. The fourth-order valence-corrected chi connectivity index (χ4v) is 6.76. The Bertz CT molecular complexity index is 1560. The molecular formula is C33H29NO6. The van der Waals surface area contributed by atoms with Gasteiger partial charge in [-0.05, 0) is 55.5 Å². The smallest absolute Gasteiger partial charge is 0.238 e. The molecule has 6 rings (SSSR count). The minimum absolute atomic E-state index is 0.0707. The number of imide groups is 1. The normalized spacial score (nSPS) is 25.7. The average molecular weight is 536 g/mol. The van der Waals surface area contributed by atoms with Crippen LogP contribution < -0.4 is 9.64 Å². The van der Waals surface area contributed by atoms with Gasteiger partial charge in [0.15, 0.2) is 11.6 Å². The maximum Gasteiger partial charge on any atom is 0.238 e. The lowest BCUT2D eigenvalue weighted by molar-refractivity contribution is -0.123. The Morgan fingerprint density at radius 2 is 1.77 bits per heavy atom. The molecule has 1 saturated heterocycles. The molecular weight excluding hydrogens is 506 g/mol. The fraction of sp³-hybridized carbons (Fsp3) is 0.273. The molecule has 202 valence electrons. The first-order chi connectivity index (χ1) is 19.3. The Kier molecular flexibility index (Phi) is 6.47. The van der Waals surface area contributed by atoms with Gasteiger partial charge in [-0.15, -0.1) is 0 Å². The van der Waals surface area contributed by atoms with Crippen molar-refractivity contribution in [3.05, 3.63) is 101 Å². The number of aliphatic hydroxyl groups is 1. The van der Waals surface area contributed by atoms with Crippen LogP contribution in [0.25, 0.3) is 6.08 Å². The van der Waals surface area contributed by atoms with Crippen molar-refractivity contribution in [2.75, 3.05) is 18.1 Å². The van der Waals surface area contributed by atoms with E-state index in [0.717, 1.165) is 11.1 Å². The van der Waals surface area contributed by atoms with E-state index in [4.69, 9.17) is 4.74 Å². The van der Waals surface area contributed by atoms with Crippen LogP contribution in [-0.4, -0.2) is 41.7 Å². The number of ether oxygens (including phenoxy) is 1. The second kappa shape index (κ2) is 9.99. The zero-order valence-electron chi connectivity index (χ0n) is 22.1. The molecule has 1 fully saturated rings. The molecule has 0 unspecified atom stereocenters. The van der Waals surface area contributed by atoms with E-state index in [9.17, 15) is 24.3 Å². The van der Waals surface area contributed by atoms with Crippen LogP contribution in [0.4, 0.5) is 5.69 Å². The number of amides is 2. The molecule has 4 atom stereocenters. The highest BCUT2D eigenvalue weighted by molar-refractivity contribution is 6.25. The van der Waals surface area contributed by atoms with E-state index < -0.39 is 23.7 Å². The van der Waals surface area contributed by atoms with E-state index >= 15 is 0 Å². The minimum Gasteiger partial charge on any atom is -0.491 e. The summed E-state index contributed by atoms with van der Waals surface area (Å²) in [7, 11) is 0. The summed E-state index contributed by atoms with van der Waals surface area (Å²) in [5.41, 5.74) is 4.12. The van der Waals surface area contributed by atoms with Crippen LogP contribution in [0.1, 0.15) is 36.8 Å². The third-order valence-corrected chi connectivity index (χ3v) is 8.53. The number of Topliss-reactive ketones (excluding diaryl/α,β-unsaturated/α-hetero) is 1. The van der Waals surface area contributed by atoms with Gasteiger partial charge in [-0.1, -0.05) is 54.6 Å². The van der Waals surface area contributed by atoms with Gasteiger partial charge in [-0.2, -0.15) is 0 Å². The Balaban J connectivity index is 1.47. The van der Waals surface area contributed by atoms with Crippen molar-refractivity contribution in [2.45, 2.75) is 25.7 Å². The number of anilines is 1. The van der Waals surface area contributed by atoms with Crippen molar-refractivity contribution in [2.24, 2.45) is 17.8 Å². The molecule has 7 heteroatoms. The number of fused-ring (bicyclic) bond motifs is 3. The number of rotatable bonds is 6.